The van der Waals surface area contributed by atoms with Gasteiger partial charge >= 0.3 is 5.97 Å². The molecule has 4 nitrogen and oxygen atoms in total. The highest BCUT2D eigenvalue weighted by molar-refractivity contribution is 5.88. The first-order valence-electron chi connectivity index (χ1n) is 6.86. The van der Waals surface area contributed by atoms with Crippen LogP contribution in [-0.2, 0) is 4.79 Å². The van der Waals surface area contributed by atoms with Gasteiger partial charge in [0.2, 0.25) is 0 Å². The highest BCUT2D eigenvalue weighted by Gasteiger charge is 2.12. The van der Waals surface area contributed by atoms with Gasteiger partial charge in [-0.1, -0.05) is 18.7 Å². The first-order valence-corrected chi connectivity index (χ1v) is 6.86. The Hall–Kier alpha value is -2.82. The summed E-state index contributed by atoms with van der Waals surface area (Å²) in [5.41, 5.74) is 1.58. The van der Waals surface area contributed by atoms with Gasteiger partial charge in [-0.25, -0.2) is 9.18 Å². The van der Waals surface area contributed by atoms with E-state index >= 15 is 0 Å². The fourth-order valence-electron chi connectivity index (χ4n) is 1.97. The Balaban J connectivity index is 2.33. The Bertz CT molecular complexity index is 753. The number of carbonyl (C=O) groups excluding carboxylic acids is 1. The van der Waals surface area contributed by atoms with Gasteiger partial charge in [-0.05, 0) is 42.3 Å². The van der Waals surface area contributed by atoms with Crippen LogP contribution in [-0.4, -0.2) is 20.2 Å². The molecule has 120 valence electrons. The number of hydrogen-bond acceptors (Lipinski definition) is 4. The Morgan fingerprint density at radius 1 is 0.957 bits per heavy atom. The molecule has 0 bridgehead atoms. The summed E-state index contributed by atoms with van der Waals surface area (Å²) in [5.74, 6) is -0.302. The zero-order valence-electron chi connectivity index (χ0n) is 13.2. The molecule has 0 spiro atoms. The van der Waals surface area contributed by atoms with Crippen molar-refractivity contribution in [1.82, 2.24) is 0 Å². The molecule has 0 atom stereocenters. The summed E-state index contributed by atoms with van der Waals surface area (Å²) in [6.45, 7) is 4.96. The largest absolute Gasteiger partial charge is 0.493 e. The standard InChI is InChI=1S/C18H17FO4/c1-11(2)18(20)23-15-7-5-12(9-14(15)19)13-6-8-16(21-3)17(10-13)22-4/h5-10H,1H2,2-4H3. The Morgan fingerprint density at radius 3 is 2.04 bits per heavy atom. The van der Waals surface area contributed by atoms with Crippen LogP contribution in [0.1, 0.15) is 6.92 Å². The maximum absolute atomic E-state index is 14.1. The quantitative estimate of drug-likeness (QED) is 0.475. The normalized spacial score (nSPS) is 10.1. The van der Waals surface area contributed by atoms with E-state index in [1.54, 1.807) is 31.4 Å². The van der Waals surface area contributed by atoms with Gasteiger partial charge in [-0.15, -0.1) is 0 Å². The molecule has 0 saturated carbocycles. The summed E-state index contributed by atoms with van der Waals surface area (Å²) < 4.78 is 29.5. The van der Waals surface area contributed by atoms with Crippen molar-refractivity contribution in [3.63, 3.8) is 0 Å². The third-order valence-corrected chi connectivity index (χ3v) is 3.20. The molecule has 0 saturated heterocycles. The molecule has 0 aliphatic heterocycles. The van der Waals surface area contributed by atoms with Crippen molar-refractivity contribution in [2.45, 2.75) is 6.92 Å². The van der Waals surface area contributed by atoms with Crippen molar-refractivity contribution in [3.05, 3.63) is 54.4 Å². The number of halogens is 1. The van der Waals surface area contributed by atoms with E-state index in [1.165, 1.54) is 26.2 Å². The van der Waals surface area contributed by atoms with Gasteiger partial charge in [0.25, 0.3) is 0 Å². The molecule has 2 rings (SSSR count). The van der Waals surface area contributed by atoms with Crippen molar-refractivity contribution in [1.29, 1.82) is 0 Å². The predicted octanol–water partition coefficient (Wildman–Crippen LogP) is 3.99. The Morgan fingerprint density at radius 2 is 1.52 bits per heavy atom. The minimum Gasteiger partial charge on any atom is -0.493 e. The zero-order valence-corrected chi connectivity index (χ0v) is 13.2. The smallest absolute Gasteiger partial charge is 0.338 e. The molecule has 0 aliphatic carbocycles. The molecule has 0 aliphatic rings. The second-order valence-corrected chi connectivity index (χ2v) is 4.88. The van der Waals surface area contributed by atoms with Crippen molar-refractivity contribution in [2.24, 2.45) is 0 Å². The number of carbonyl (C=O) groups is 1. The van der Waals surface area contributed by atoms with E-state index in [4.69, 9.17) is 14.2 Å². The Labute approximate surface area is 134 Å². The van der Waals surface area contributed by atoms with Gasteiger partial charge in [0, 0.05) is 5.57 Å². The fraction of sp³-hybridized carbons (Fsp3) is 0.167. The maximum atomic E-state index is 14.1. The summed E-state index contributed by atoms with van der Waals surface area (Å²) in [5, 5.41) is 0. The molecular weight excluding hydrogens is 299 g/mol. The third-order valence-electron chi connectivity index (χ3n) is 3.20. The van der Waals surface area contributed by atoms with E-state index in [9.17, 15) is 9.18 Å². The van der Waals surface area contributed by atoms with Gasteiger partial charge < -0.3 is 14.2 Å². The van der Waals surface area contributed by atoms with Crippen LogP contribution in [0.15, 0.2) is 48.6 Å². The number of rotatable bonds is 5. The van der Waals surface area contributed by atoms with Crippen LogP contribution >= 0.6 is 0 Å². The van der Waals surface area contributed by atoms with Crippen LogP contribution < -0.4 is 14.2 Å². The fourth-order valence-corrected chi connectivity index (χ4v) is 1.97. The van der Waals surface area contributed by atoms with E-state index in [0.717, 1.165) is 5.56 Å². The molecule has 0 amide bonds. The van der Waals surface area contributed by atoms with Gasteiger partial charge in [0.15, 0.2) is 23.1 Å². The highest BCUT2D eigenvalue weighted by atomic mass is 19.1. The van der Waals surface area contributed by atoms with Crippen LogP contribution in [0.5, 0.6) is 17.2 Å². The third kappa shape index (κ3) is 3.69. The lowest BCUT2D eigenvalue weighted by Crippen LogP contribution is -2.09. The summed E-state index contributed by atoms with van der Waals surface area (Å²) in [6, 6.07) is 9.62. The molecule has 0 radical (unpaired) electrons. The molecule has 2 aromatic rings. The molecular formula is C18H17FO4. The molecule has 0 aromatic heterocycles. The lowest BCUT2D eigenvalue weighted by Gasteiger charge is -2.11. The Kier molecular flexibility index (Phi) is 5.01. The highest BCUT2D eigenvalue weighted by Crippen LogP contribution is 2.33. The van der Waals surface area contributed by atoms with E-state index in [0.29, 0.717) is 17.1 Å². The molecule has 0 unspecified atom stereocenters. The minimum absolute atomic E-state index is 0.137. The molecule has 23 heavy (non-hydrogen) atoms. The second kappa shape index (κ2) is 6.96. The lowest BCUT2D eigenvalue weighted by molar-refractivity contribution is -0.130. The average Bonchev–Trinajstić information content (AvgIpc) is 2.55. The van der Waals surface area contributed by atoms with Crippen LogP contribution in [0.4, 0.5) is 4.39 Å². The van der Waals surface area contributed by atoms with Crippen LogP contribution in [0.2, 0.25) is 0 Å². The summed E-state index contributed by atoms with van der Waals surface area (Å²) in [4.78, 5) is 11.5. The molecule has 0 heterocycles. The van der Waals surface area contributed by atoms with E-state index in [-0.39, 0.29) is 11.3 Å². The van der Waals surface area contributed by atoms with Crippen LogP contribution in [0.3, 0.4) is 0 Å². The maximum Gasteiger partial charge on any atom is 0.338 e. The molecule has 5 heteroatoms. The van der Waals surface area contributed by atoms with Crippen LogP contribution in [0.25, 0.3) is 11.1 Å². The van der Waals surface area contributed by atoms with Gasteiger partial charge in [-0.2, -0.15) is 0 Å². The number of hydrogen-bond donors (Lipinski definition) is 0. The van der Waals surface area contributed by atoms with Gasteiger partial charge in [0.05, 0.1) is 14.2 Å². The van der Waals surface area contributed by atoms with Crippen molar-refractivity contribution >= 4 is 5.97 Å². The van der Waals surface area contributed by atoms with E-state index in [1.807, 2.05) is 0 Å². The number of ether oxygens (including phenoxy) is 3. The van der Waals surface area contributed by atoms with Gasteiger partial charge in [-0.3, -0.25) is 0 Å². The second-order valence-electron chi connectivity index (χ2n) is 4.88. The molecule has 2 aromatic carbocycles. The molecule has 0 N–H and O–H groups in total. The summed E-state index contributed by atoms with van der Waals surface area (Å²) in [7, 11) is 3.07. The molecule has 0 fully saturated rings. The van der Waals surface area contributed by atoms with Crippen molar-refractivity contribution in [3.8, 4) is 28.4 Å². The SMILES string of the molecule is C=C(C)C(=O)Oc1ccc(-c2ccc(OC)c(OC)c2)cc1F. The minimum atomic E-state index is -0.664. The monoisotopic (exact) mass is 316 g/mol. The predicted molar refractivity (Wildman–Crippen MR) is 85.4 cm³/mol. The van der Waals surface area contributed by atoms with Crippen molar-refractivity contribution in [2.75, 3.05) is 14.2 Å². The summed E-state index contributed by atoms with van der Waals surface area (Å²) in [6.07, 6.45) is 0. The number of esters is 1. The van der Waals surface area contributed by atoms with E-state index < -0.39 is 11.8 Å². The van der Waals surface area contributed by atoms with E-state index in [2.05, 4.69) is 6.58 Å². The topological polar surface area (TPSA) is 44.8 Å². The first-order chi connectivity index (χ1) is 11.0. The number of methoxy groups -OCH3 is 2. The zero-order chi connectivity index (χ0) is 17.0. The first kappa shape index (κ1) is 16.5. The van der Waals surface area contributed by atoms with Crippen molar-refractivity contribution < 1.29 is 23.4 Å². The summed E-state index contributed by atoms with van der Waals surface area (Å²) >= 11 is 0. The number of benzene rings is 2. The lowest BCUT2D eigenvalue weighted by atomic mass is 10.0. The van der Waals surface area contributed by atoms with Crippen LogP contribution in [0, 0.1) is 5.82 Å². The average molecular weight is 316 g/mol. The van der Waals surface area contributed by atoms with Gasteiger partial charge in [0.1, 0.15) is 0 Å².